The standard InChI is InChI=1S/C5H12O9P2/c1-2-3-4-5(6)12-13-16(10,11)14-15(7,8)9/h2-4H2,1H3,(H,10,11)(H2,7,8,9). The van der Waals surface area contributed by atoms with Gasteiger partial charge in [0.1, 0.15) is 0 Å². The van der Waals surface area contributed by atoms with Crippen LogP contribution in [0.15, 0.2) is 0 Å². The van der Waals surface area contributed by atoms with Gasteiger partial charge < -0.3 is 14.7 Å². The smallest absolute Gasteiger partial charge is 0.302 e. The van der Waals surface area contributed by atoms with Crippen LogP contribution in [0.1, 0.15) is 26.2 Å². The molecule has 96 valence electrons. The molecule has 0 aliphatic heterocycles. The van der Waals surface area contributed by atoms with E-state index in [0.717, 1.165) is 0 Å². The summed E-state index contributed by atoms with van der Waals surface area (Å²) < 4.78 is 27.9. The molecule has 0 rings (SSSR count). The molecule has 0 amide bonds. The molecule has 1 atom stereocenters. The van der Waals surface area contributed by atoms with Gasteiger partial charge in [0.2, 0.25) is 0 Å². The molecule has 0 aromatic carbocycles. The monoisotopic (exact) mass is 278 g/mol. The molecule has 3 N–H and O–H groups in total. The van der Waals surface area contributed by atoms with Crippen LogP contribution in [-0.4, -0.2) is 20.6 Å². The fourth-order valence-electron chi connectivity index (χ4n) is 0.599. The summed E-state index contributed by atoms with van der Waals surface area (Å²) in [6, 6.07) is 0. The summed E-state index contributed by atoms with van der Waals surface area (Å²) >= 11 is 0. The Labute approximate surface area is 91.1 Å². The highest BCUT2D eigenvalue weighted by Crippen LogP contribution is 2.57. The molecule has 0 aromatic heterocycles. The van der Waals surface area contributed by atoms with Gasteiger partial charge in [0.05, 0.1) is 0 Å². The molecule has 0 aromatic rings. The molecule has 0 saturated heterocycles. The van der Waals surface area contributed by atoms with Crippen molar-refractivity contribution in [1.82, 2.24) is 0 Å². The lowest BCUT2D eigenvalue weighted by atomic mass is 10.3. The number of hydrogen-bond acceptors (Lipinski definition) is 6. The van der Waals surface area contributed by atoms with Crippen molar-refractivity contribution >= 4 is 21.6 Å². The second kappa shape index (κ2) is 6.46. The van der Waals surface area contributed by atoms with Crippen LogP contribution >= 0.6 is 15.6 Å². The van der Waals surface area contributed by atoms with Gasteiger partial charge in [-0.25, -0.2) is 13.9 Å². The lowest BCUT2D eigenvalue weighted by Gasteiger charge is -2.10. The fraction of sp³-hybridized carbons (Fsp3) is 0.800. The molecule has 0 spiro atoms. The zero-order chi connectivity index (χ0) is 12.8. The van der Waals surface area contributed by atoms with Gasteiger partial charge in [0, 0.05) is 6.42 Å². The summed E-state index contributed by atoms with van der Waals surface area (Å²) in [5, 5.41) is 0. The third kappa shape index (κ3) is 8.99. The van der Waals surface area contributed by atoms with Crippen LogP contribution in [0.3, 0.4) is 0 Å². The topological polar surface area (TPSA) is 140 Å². The molecule has 11 heteroatoms. The minimum atomic E-state index is -5.20. The van der Waals surface area contributed by atoms with Crippen LogP contribution in [0.2, 0.25) is 0 Å². The number of carbonyl (C=O) groups excluding carboxylic acids is 1. The van der Waals surface area contributed by atoms with E-state index in [1.165, 1.54) is 0 Å². The summed E-state index contributed by atoms with van der Waals surface area (Å²) in [6.07, 6.45) is 1.13. The highest BCUT2D eigenvalue weighted by Gasteiger charge is 2.34. The van der Waals surface area contributed by atoms with Gasteiger partial charge >= 0.3 is 21.6 Å². The predicted molar refractivity (Wildman–Crippen MR) is 49.7 cm³/mol. The van der Waals surface area contributed by atoms with Gasteiger partial charge in [-0.1, -0.05) is 18.0 Å². The Hall–Kier alpha value is -0.270. The Balaban J connectivity index is 4.04. The highest BCUT2D eigenvalue weighted by atomic mass is 31.3. The van der Waals surface area contributed by atoms with Crippen LogP contribution in [-0.2, 0) is 27.8 Å². The Morgan fingerprint density at radius 1 is 1.25 bits per heavy atom. The van der Waals surface area contributed by atoms with Crippen molar-refractivity contribution in [2.45, 2.75) is 26.2 Å². The summed E-state index contributed by atoms with van der Waals surface area (Å²) in [6.45, 7) is 1.81. The third-order valence-electron chi connectivity index (χ3n) is 1.17. The number of hydrogen-bond donors (Lipinski definition) is 3. The van der Waals surface area contributed by atoms with Gasteiger partial charge in [-0.05, 0) is 6.42 Å². The van der Waals surface area contributed by atoms with Crippen molar-refractivity contribution in [3.63, 3.8) is 0 Å². The molecule has 9 nitrogen and oxygen atoms in total. The van der Waals surface area contributed by atoms with Gasteiger partial charge in [0.25, 0.3) is 0 Å². The molecular formula is C5H12O9P2. The molecular weight excluding hydrogens is 266 g/mol. The first kappa shape index (κ1) is 15.7. The largest absolute Gasteiger partial charge is 0.517 e. The van der Waals surface area contributed by atoms with Gasteiger partial charge in [-0.3, -0.25) is 4.89 Å². The lowest BCUT2D eigenvalue weighted by Crippen LogP contribution is -2.04. The molecule has 0 bridgehead atoms. The first-order chi connectivity index (χ1) is 7.16. The molecule has 0 radical (unpaired) electrons. The molecule has 1 unspecified atom stereocenters. The van der Waals surface area contributed by atoms with E-state index >= 15 is 0 Å². The summed E-state index contributed by atoms with van der Waals surface area (Å²) in [7, 11) is -10.3. The van der Waals surface area contributed by atoms with Crippen LogP contribution in [0.25, 0.3) is 0 Å². The first-order valence-corrected chi connectivity index (χ1v) is 7.17. The SMILES string of the molecule is CCCCC(=O)OOP(=O)(O)OP(=O)(O)O. The van der Waals surface area contributed by atoms with Crippen molar-refractivity contribution in [2.24, 2.45) is 0 Å². The molecule has 0 heterocycles. The normalized spacial score (nSPS) is 15.5. The van der Waals surface area contributed by atoms with Crippen LogP contribution in [0, 0.1) is 0 Å². The van der Waals surface area contributed by atoms with E-state index in [1.54, 1.807) is 0 Å². The van der Waals surface area contributed by atoms with E-state index in [2.05, 4.69) is 13.9 Å². The number of rotatable bonds is 7. The molecule has 0 saturated carbocycles. The minimum absolute atomic E-state index is 0.0492. The predicted octanol–water partition coefficient (Wildman–Crippen LogP) is 0.861. The Morgan fingerprint density at radius 2 is 1.81 bits per heavy atom. The van der Waals surface area contributed by atoms with E-state index in [9.17, 15) is 13.9 Å². The number of carbonyl (C=O) groups is 1. The average molecular weight is 278 g/mol. The van der Waals surface area contributed by atoms with E-state index in [-0.39, 0.29) is 6.42 Å². The summed E-state index contributed by atoms with van der Waals surface area (Å²) in [5.41, 5.74) is 0. The molecule has 0 aliphatic rings. The van der Waals surface area contributed by atoms with Crippen LogP contribution in [0.5, 0.6) is 0 Å². The van der Waals surface area contributed by atoms with E-state index < -0.39 is 21.6 Å². The zero-order valence-corrected chi connectivity index (χ0v) is 10.1. The Morgan fingerprint density at radius 3 is 2.25 bits per heavy atom. The fourth-order valence-corrected chi connectivity index (χ4v) is 1.96. The van der Waals surface area contributed by atoms with Crippen LogP contribution < -0.4 is 0 Å². The Bertz CT molecular complexity index is 320. The summed E-state index contributed by atoms with van der Waals surface area (Å²) in [5.74, 6) is -0.939. The maximum Gasteiger partial charge on any atom is 0.517 e. The van der Waals surface area contributed by atoms with E-state index in [1.807, 2.05) is 6.92 Å². The number of unbranched alkanes of at least 4 members (excludes halogenated alkanes) is 1. The quantitative estimate of drug-likeness (QED) is 0.351. The van der Waals surface area contributed by atoms with Crippen molar-refractivity contribution < 1.29 is 42.5 Å². The second-order valence-electron chi connectivity index (χ2n) is 2.67. The number of phosphoric acid groups is 2. The first-order valence-electron chi connectivity index (χ1n) is 4.15. The minimum Gasteiger partial charge on any atom is -0.302 e. The van der Waals surface area contributed by atoms with Crippen molar-refractivity contribution in [3.8, 4) is 0 Å². The Kier molecular flexibility index (Phi) is 6.35. The van der Waals surface area contributed by atoms with E-state index in [0.29, 0.717) is 12.8 Å². The van der Waals surface area contributed by atoms with Gasteiger partial charge in [0.15, 0.2) is 0 Å². The van der Waals surface area contributed by atoms with Crippen molar-refractivity contribution in [1.29, 1.82) is 0 Å². The maximum atomic E-state index is 10.8. The molecule has 0 fully saturated rings. The maximum absolute atomic E-state index is 10.8. The second-order valence-corrected chi connectivity index (χ2v) is 5.39. The van der Waals surface area contributed by atoms with Crippen molar-refractivity contribution in [3.05, 3.63) is 0 Å². The van der Waals surface area contributed by atoms with Gasteiger partial charge in [-0.15, -0.1) is 0 Å². The zero-order valence-electron chi connectivity index (χ0n) is 8.31. The van der Waals surface area contributed by atoms with Crippen LogP contribution in [0.4, 0.5) is 0 Å². The van der Waals surface area contributed by atoms with E-state index in [4.69, 9.17) is 14.7 Å². The average Bonchev–Trinajstić information content (AvgIpc) is 2.07. The van der Waals surface area contributed by atoms with Crippen molar-refractivity contribution in [2.75, 3.05) is 0 Å². The molecule has 0 aliphatic carbocycles. The highest BCUT2D eigenvalue weighted by molar-refractivity contribution is 7.60. The summed E-state index contributed by atoms with van der Waals surface area (Å²) in [4.78, 5) is 39.7. The third-order valence-corrected chi connectivity index (χ3v) is 3.11. The van der Waals surface area contributed by atoms with Gasteiger partial charge in [-0.2, -0.15) is 4.31 Å². The lowest BCUT2D eigenvalue weighted by molar-refractivity contribution is -0.222. The molecule has 16 heavy (non-hydrogen) atoms.